The smallest absolute Gasteiger partial charge is 0.251 e. The van der Waals surface area contributed by atoms with Gasteiger partial charge in [0, 0.05) is 55.8 Å². The highest BCUT2D eigenvalue weighted by Crippen LogP contribution is 2.17. The summed E-state index contributed by atoms with van der Waals surface area (Å²) >= 11 is 0. The lowest BCUT2D eigenvalue weighted by Crippen LogP contribution is -2.25. The van der Waals surface area contributed by atoms with Crippen molar-refractivity contribution in [3.05, 3.63) is 54.2 Å². The minimum Gasteiger partial charge on any atom is -0.383 e. The summed E-state index contributed by atoms with van der Waals surface area (Å²) in [4.78, 5) is 19.3. The SMILES string of the molecule is COCCn1ccc2ccc(C(=O)NCCc3cnc[nH]3)cc21. The number of amides is 1. The van der Waals surface area contributed by atoms with Crippen LogP contribution in [0.3, 0.4) is 0 Å². The van der Waals surface area contributed by atoms with Gasteiger partial charge in [-0.1, -0.05) is 6.07 Å². The Morgan fingerprint density at radius 2 is 2.30 bits per heavy atom. The molecule has 2 aromatic heterocycles. The number of imidazole rings is 1. The van der Waals surface area contributed by atoms with Gasteiger partial charge < -0.3 is 19.6 Å². The van der Waals surface area contributed by atoms with Crippen LogP contribution in [0, 0.1) is 0 Å². The Balaban J connectivity index is 1.67. The summed E-state index contributed by atoms with van der Waals surface area (Å²) in [6.45, 7) is 1.99. The van der Waals surface area contributed by atoms with Gasteiger partial charge >= 0.3 is 0 Å². The number of carbonyl (C=O) groups excluding carboxylic acids is 1. The van der Waals surface area contributed by atoms with E-state index in [4.69, 9.17) is 4.74 Å². The van der Waals surface area contributed by atoms with E-state index in [1.807, 2.05) is 30.5 Å². The molecular weight excluding hydrogens is 292 g/mol. The molecule has 1 amide bonds. The minimum absolute atomic E-state index is 0.0640. The van der Waals surface area contributed by atoms with Crippen LogP contribution in [0.15, 0.2) is 43.0 Å². The molecular formula is C17H20N4O2. The number of ether oxygens (including phenoxy) is 1. The van der Waals surface area contributed by atoms with E-state index in [1.165, 1.54) is 0 Å². The van der Waals surface area contributed by atoms with Gasteiger partial charge in [0.2, 0.25) is 0 Å². The highest BCUT2D eigenvalue weighted by Gasteiger charge is 2.08. The number of hydrogen-bond donors (Lipinski definition) is 2. The lowest BCUT2D eigenvalue weighted by molar-refractivity contribution is 0.0954. The fourth-order valence-corrected chi connectivity index (χ4v) is 2.54. The number of aromatic nitrogens is 3. The van der Waals surface area contributed by atoms with Crippen LogP contribution in [-0.2, 0) is 17.7 Å². The fraction of sp³-hybridized carbons (Fsp3) is 0.294. The van der Waals surface area contributed by atoms with Crippen LogP contribution >= 0.6 is 0 Å². The maximum Gasteiger partial charge on any atom is 0.251 e. The molecule has 120 valence electrons. The van der Waals surface area contributed by atoms with Crippen molar-refractivity contribution in [1.29, 1.82) is 0 Å². The average Bonchev–Trinajstić information content (AvgIpc) is 3.21. The quantitative estimate of drug-likeness (QED) is 0.701. The zero-order valence-corrected chi connectivity index (χ0v) is 13.1. The fourth-order valence-electron chi connectivity index (χ4n) is 2.54. The normalized spacial score (nSPS) is 11.0. The first-order chi connectivity index (χ1) is 11.3. The van der Waals surface area contributed by atoms with Crippen molar-refractivity contribution >= 4 is 16.8 Å². The van der Waals surface area contributed by atoms with Gasteiger partial charge in [0.05, 0.1) is 12.9 Å². The van der Waals surface area contributed by atoms with Gasteiger partial charge in [0.15, 0.2) is 0 Å². The molecule has 0 aliphatic heterocycles. The molecule has 0 saturated heterocycles. The van der Waals surface area contributed by atoms with E-state index >= 15 is 0 Å². The van der Waals surface area contributed by atoms with Crippen LogP contribution in [0.25, 0.3) is 10.9 Å². The number of carbonyl (C=O) groups is 1. The van der Waals surface area contributed by atoms with Crippen molar-refractivity contribution in [2.75, 3.05) is 20.3 Å². The van der Waals surface area contributed by atoms with E-state index in [2.05, 4.69) is 19.9 Å². The standard InChI is InChI=1S/C17H20N4O2/c1-23-9-8-21-7-5-13-2-3-14(10-16(13)21)17(22)19-6-4-15-11-18-12-20-15/h2-3,5,7,10-12H,4,6,8-9H2,1H3,(H,18,20)(H,19,22). The Bertz CT molecular complexity index is 777. The molecule has 2 N–H and O–H groups in total. The molecule has 6 heteroatoms. The number of fused-ring (bicyclic) bond motifs is 1. The minimum atomic E-state index is -0.0640. The maximum atomic E-state index is 12.3. The molecule has 3 rings (SSSR count). The Morgan fingerprint density at radius 1 is 1.39 bits per heavy atom. The van der Waals surface area contributed by atoms with Gasteiger partial charge in [-0.3, -0.25) is 4.79 Å². The van der Waals surface area contributed by atoms with Crippen molar-refractivity contribution in [1.82, 2.24) is 19.9 Å². The van der Waals surface area contributed by atoms with Crippen molar-refractivity contribution < 1.29 is 9.53 Å². The van der Waals surface area contributed by atoms with Crippen LogP contribution in [0.1, 0.15) is 16.1 Å². The van der Waals surface area contributed by atoms with Crippen LogP contribution in [-0.4, -0.2) is 40.7 Å². The Hall–Kier alpha value is -2.60. The average molecular weight is 312 g/mol. The largest absolute Gasteiger partial charge is 0.383 e. The first-order valence-corrected chi connectivity index (χ1v) is 7.61. The molecule has 0 unspecified atom stereocenters. The number of nitrogens with one attached hydrogen (secondary N) is 2. The third kappa shape index (κ3) is 3.60. The first-order valence-electron chi connectivity index (χ1n) is 7.61. The third-order valence-corrected chi connectivity index (χ3v) is 3.81. The topological polar surface area (TPSA) is 71.9 Å². The number of hydrogen-bond acceptors (Lipinski definition) is 3. The number of H-pyrrole nitrogens is 1. The second-order valence-electron chi connectivity index (χ2n) is 5.36. The number of rotatable bonds is 7. The molecule has 0 radical (unpaired) electrons. The molecule has 0 fully saturated rings. The van der Waals surface area contributed by atoms with E-state index in [0.717, 1.165) is 29.6 Å². The molecule has 6 nitrogen and oxygen atoms in total. The first kappa shape index (κ1) is 15.3. The summed E-state index contributed by atoms with van der Waals surface area (Å²) in [5, 5.41) is 4.06. The van der Waals surface area contributed by atoms with E-state index in [1.54, 1.807) is 19.6 Å². The Morgan fingerprint density at radius 3 is 3.09 bits per heavy atom. The van der Waals surface area contributed by atoms with Crippen molar-refractivity contribution in [2.45, 2.75) is 13.0 Å². The van der Waals surface area contributed by atoms with Crippen LogP contribution < -0.4 is 5.32 Å². The summed E-state index contributed by atoms with van der Waals surface area (Å²) in [7, 11) is 1.68. The Kier molecular flexibility index (Phi) is 4.73. The van der Waals surface area contributed by atoms with E-state index < -0.39 is 0 Å². The molecule has 23 heavy (non-hydrogen) atoms. The van der Waals surface area contributed by atoms with E-state index in [-0.39, 0.29) is 5.91 Å². The number of nitrogens with zero attached hydrogens (tertiary/aromatic N) is 2. The summed E-state index contributed by atoms with van der Waals surface area (Å²) in [5.41, 5.74) is 2.72. The predicted molar refractivity (Wildman–Crippen MR) is 88.4 cm³/mol. The van der Waals surface area contributed by atoms with Crippen molar-refractivity contribution in [3.63, 3.8) is 0 Å². The van der Waals surface area contributed by atoms with Crippen LogP contribution in [0.4, 0.5) is 0 Å². The highest BCUT2D eigenvalue weighted by atomic mass is 16.5. The monoisotopic (exact) mass is 312 g/mol. The second kappa shape index (κ2) is 7.11. The van der Waals surface area contributed by atoms with Gasteiger partial charge in [0.25, 0.3) is 5.91 Å². The summed E-state index contributed by atoms with van der Waals surface area (Å²) < 4.78 is 7.22. The number of aromatic amines is 1. The Labute approximate surface area is 134 Å². The van der Waals surface area contributed by atoms with Gasteiger partial charge in [0.1, 0.15) is 0 Å². The lowest BCUT2D eigenvalue weighted by atomic mass is 10.1. The van der Waals surface area contributed by atoms with E-state index in [9.17, 15) is 4.79 Å². The zero-order chi connectivity index (χ0) is 16.1. The summed E-state index contributed by atoms with van der Waals surface area (Å²) in [6, 6.07) is 7.80. The zero-order valence-electron chi connectivity index (χ0n) is 13.1. The maximum absolute atomic E-state index is 12.3. The molecule has 0 aliphatic rings. The van der Waals surface area contributed by atoms with Gasteiger partial charge in [-0.15, -0.1) is 0 Å². The summed E-state index contributed by atoms with van der Waals surface area (Å²) in [5.74, 6) is -0.0640. The second-order valence-corrected chi connectivity index (χ2v) is 5.36. The van der Waals surface area contributed by atoms with Crippen LogP contribution in [0.2, 0.25) is 0 Å². The van der Waals surface area contributed by atoms with Crippen LogP contribution in [0.5, 0.6) is 0 Å². The molecule has 3 aromatic rings. The molecule has 1 aromatic carbocycles. The van der Waals surface area contributed by atoms with Crippen molar-refractivity contribution in [3.8, 4) is 0 Å². The predicted octanol–water partition coefficient (Wildman–Crippen LogP) is 1.98. The summed E-state index contributed by atoms with van der Waals surface area (Å²) in [6.07, 6.45) is 6.15. The third-order valence-electron chi connectivity index (χ3n) is 3.81. The molecule has 0 bridgehead atoms. The molecule has 0 atom stereocenters. The number of benzene rings is 1. The molecule has 0 saturated carbocycles. The van der Waals surface area contributed by atoms with Gasteiger partial charge in [-0.25, -0.2) is 4.98 Å². The molecule has 0 aliphatic carbocycles. The van der Waals surface area contributed by atoms with Gasteiger partial charge in [-0.05, 0) is 23.6 Å². The van der Waals surface area contributed by atoms with Crippen molar-refractivity contribution in [2.24, 2.45) is 0 Å². The molecule has 2 heterocycles. The lowest BCUT2D eigenvalue weighted by Gasteiger charge is -2.07. The molecule has 0 spiro atoms. The van der Waals surface area contributed by atoms with Gasteiger partial charge in [-0.2, -0.15) is 0 Å². The highest BCUT2D eigenvalue weighted by molar-refractivity contribution is 5.98. The van der Waals surface area contributed by atoms with E-state index in [0.29, 0.717) is 18.7 Å². The number of methoxy groups -OCH3 is 1.